The van der Waals surface area contributed by atoms with Gasteiger partial charge in [-0.15, -0.1) is 0 Å². The van der Waals surface area contributed by atoms with Gasteiger partial charge < -0.3 is 19.9 Å². The molecule has 1 saturated heterocycles. The van der Waals surface area contributed by atoms with Crippen LogP contribution in [0.4, 0.5) is 5.95 Å². The Balaban J connectivity index is 2.01. The van der Waals surface area contributed by atoms with Crippen molar-refractivity contribution in [1.82, 2.24) is 20.2 Å². The number of hydrogen-bond donors (Lipinski definition) is 1. The van der Waals surface area contributed by atoms with Crippen LogP contribution in [0.2, 0.25) is 0 Å². The summed E-state index contributed by atoms with van der Waals surface area (Å²) in [5.74, 6) is 2.21. The highest BCUT2D eigenvalue weighted by molar-refractivity contribution is 9.10. The Morgan fingerprint density at radius 3 is 2.71 bits per heavy atom. The summed E-state index contributed by atoms with van der Waals surface area (Å²) < 4.78 is 5.98. The molecule has 0 aromatic carbocycles. The third kappa shape index (κ3) is 3.75. The predicted molar refractivity (Wildman–Crippen MR) is 87.1 cm³/mol. The molecule has 1 fully saturated rings. The van der Waals surface area contributed by atoms with Crippen molar-refractivity contribution in [2.75, 3.05) is 51.8 Å². The van der Waals surface area contributed by atoms with Crippen LogP contribution in [-0.2, 0) is 0 Å². The average molecular weight is 357 g/mol. The molecule has 1 aromatic heterocycles. The van der Waals surface area contributed by atoms with Crippen LogP contribution < -0.4 is 15.0 Å². The SMILES string of the molecule is CCNC(=NC)N1CCN(c2ncc(Br)c(OC)n2)CC1. The number of ether oxygens (including phenoxy) is 1. The zero-order valence-corrected chi connectivity index (χ0v) is 14.2. The molecule has 1 aliphatic heterocycles. The lowest BCUT2D eigenvalue weighted by Crippen LogP contribution is -2.52. The summed E-state index contributed by atoms with van der Waals surface area (Å²) in [6.07, 6.45) is 1.73. The van der Waals surface area contributed by atoms with Gasteiger partial charge in [0.05, 0.1) is 17.8 Å². The lowest BCUT2D eigenvalue weighted by Gasteiger charge is -2.36. The van der Waals surface area contributed by atoms with Crippen molar-refractivity contribution in [2.24, 2.45) is 4.99 Å². The maximum Gasteiger partial charge on any atom is 0.232 e. The molecule has 2 heterocycles. The molecule has 8 heteroatoms. The van der Waals surface area contributed by atoms with E-state index in [0.717, 1.165) is 43.2 Å². The maximum absolute atomic E-state index is 5.22. The quantitative estimate of drug-likeness (QED) is 0.642. The summed E-state index contributed by atoms with van der Waals surface area (Å²) in [4.78, 5) is 17.5. The van der Waals surface area contributed by atoms with Crippen molar-refractivity contribution >= 4 is 27.8 Å². The summed E-state index contributed by atoms with van der Waals surface area (Å²) in [5.41, 5.74) is 0. The molecular formula is C13H21BrN6O. The normalized spacial score (nSPS) is 16.1. The van der Waals surface area contributed by atoms with Gasteiger partial charge in [-0.1, -0.05) is 0 Å². The van der Waals surface area contributed by atoms with Crippen molar-refractivity contribution in [2.45, 2.75) is 6.92 Å². The van der Waals surface area contributed by atoms with E-state index in [9.17, 15) is 0 Å². The average Bonchev–Trinajstić information content (AvgIpc) is 2.53. The lowest BCUT2D eigenvalue weighted by molar-refractivity contribution is 0.367. The minimum atomic E-state index is 0.561. The molecule has 0 amide bonds. The molecule has 0 atom stereocenters. The van der Waals surface area contributed by atoms with Crippen molar-refractivity contribution in [3.63, 3.8) is 0 Å². The fourth-order valence-electron chi connectivity index (χ4n) is 2.25. The molecule has 0 saturated carbocycles. The Bertz CT molecular complexity index is 501. The second-order valence-corrected chi connectivity index (χ2v) is 5.43. The summed E-state index contributed by atoms with van der Waals surface area (Å²) in [6, 6.07) is 0. The van der Waals surface area contributed by atoms with E-state index in [1.807, 2.05) is 7.05 Å². The van der Waals surface area contributed by atoms with Crippen LogP contribution in [0, 0.1) is 0 Å². The molecule has 0 spiro atoms. The van der Waals surface area contributed by atoms with E-state index in [1.54, 1.807) is 13.3 Å². The van der Waals surface area contributed by atoms with Gasteiger partial charge >= 0.3 is 0 Å². The number of piperazine rings is 1. The van der Waals surface area contributed by atoms with Crippen LogP contribution in [0.1, 0.15) is 6.92 Å². The second kappa shape index (κ2) is 7.44. The van der Waals surface area contributed by atoms with Gasteiger partial charge in [-0.2, -0.15) is 4.98 Å². The number of nitrogens with zero attached hydrogens (tertiary/aromatic N) is 5. The number of aliphatic imine (C=N–C) groups is 1. The first-order chi connectivity index (χ1) is 10.2. The Morgan fingerprint density at radius 2 is 2.14 bits per heavy atom. The van der Waals surface area contributed by atoms with Gasteiger partial charge in [-0.05, 0) is 22.9 Å². The molecule has 1 aromatic rings. The fraction of sp³-hybridized carbons (Fsp3) is 0.615. The predicted octanol–water partition coefficient (Wildman–Crippen LogP) is 0.965. The highest BCUT2D eigenvalue weighted by Gasteiger charge is 2.21. The van der Waals surface area contributed by atoms with E-state index < -0.39 is 0 Å². The molecule has 0 unspecified atom stereocenters. The third-order valence-electron chi connectivity index (χ3n) is 3.30. The van der Waals surface area contributed by atoms with Gasteiger partial charge in [0.2, 0.25) is 11.8 Å². The smallest absolute Gasteiger partial charge is 0.232 e. The molecule has 21 heavy (non-hydrogen) atoms. The first-order valence-electron chi connectivity index (χ1n) is 6.96. The molecule has 116 valence electrons. The number of aromatic nitrogens is 2. The highest BCUT2D eigenvalue weighted by atomic mass is 79.9. The van der Waals surface area contributed by atoms with Gasteiger partial charge in [0.15, 0.2) is 5.96 Å². The molecule has 1 N–H and O–H groups in total. The second-order valence-electron chi connectivity index (χ2n) is 4.58. The molecule has 0 aliphatic carbocycles. The zero-order valence-electron chi connectivity index (χ0n) is 12.6. The number of guanidine groups is 1. The van der Waals surface area contributed by atoms with E-state index in [4.69, 9.17) is 4.74 Å². The molecule has 7 nitrogen and oxygen atoms in total. The summed E-state index contributed by atoms with van der Waals surface area (Å²) >= 11 is 3.37. The summed E-state index contributed by atoms with van der Waals surface area (Å²) in [5, 5.41) is 3.28. The number of anilines is 1. The summed E-state index contributed by atoms with van der Waals surface area (Å²) in [6.45, 7) is 6.44. The molecule has 1 aliphatic rings. The first kappa shape index (κ1) is 15.8. The van der Waals surface area contributed by atoms with E-state index in [1.165, 1.54) is 0 Å². The number of methoxy groups -OCH3 is 1. The number of nitrogens with one attached hydrogen (secondary N) is 1. The first-order valence-corrected chi connectivity index (χ1v) is 7.76. The van der Waals surface area contributed by atoms with Gasteiger partial charge in [0.25, 0.3) is 0 Å². The van der Waals surface area contributed by atoms with Gasteiger partial charge in [0.1, 0.15) is 0 Å². The van der Waals surface area contributed by atoms with E-state index in [0.29, 0.717) is 11.8 Å². The minimum Gasteiger partial charge on any atom is -0.480 e. The Hall–Kier alpha value is -1.57. The number of hydrogen-bond acceptors (Lipinski definition) is 5. The number of halogens is 1. The Labute approximate surface area is 133 Å². The van der Waals surface area contributed by atoms with Crippen molar-refractivity contribution < 1.29 is 4.74 Å². The Kier molecular flexibility index (Phi) is 5.60. The number of rotatable bonds is 3. The van der Waals surface area contributed by atoms with Crippen LogP contribution >= 0.6 is 15.9 Å². The Morgan fingerprint density at radius 1 is 1.43 bits per heavy atom. The third-order valence-corrected chi connectivity index (χ3v) is 3.85. The topological polar surface area (TPSA) is 65.9 Å². The van der Waals surface area contributed by atoms with E-state index in [-0.39, 0.29) is 0 Å². The monoisotopic (exact) mass is 356 g/mol. The zero-order chi connectivity index (χ0) is 15.2. The fourth-order valence-corrected chi connectivity index (χ4v) is 2.60. The van der Waals surface area contributed by atoms with Crippen molar-refractivity contribution in [3.05, 3.63) is 10.7 Å². The largest absolute Gasteiger partial charge is 0.480 e. The molecule has 0 radical (unpaired) electrons. The lowest BCUT2D eigenvalue weighted by atomic mass is 10.3. The van der Waals surface area contributed by atoms with Crippen molar-refractivity contribution in [3.8, 4) is 5.88 Å². The van der Waals surface area contributed by atoms with Crippen LogP contribution in [-0.4, -0.2) is 67.7 Å². The molecule has 2 rings (SSSR count). The van der Waals surface area contributed by atoms with Crippen LogP contribution in [0.3, 0.4) is 0 Å². The highest BCUT2D eigenvalue weighted by Crippen LogP contribution is 2.23. The van der Waals surface area contributed by atoms with Gasteiger partial charge in [-0.25, -0.2) is 4.98 Å². The van der Waals surface area contributed by atoms with Gasteiger partial charge in [0, 0.05) is 39.8 Å². The maximum atomic E-state index is 5.22. The molecule has 0 bridgehead atoms. The van der Waals surface area contributed by atoms with E-state index in [2.05, 4.69) is 52.9 Å². The van der Waals surface area contributed by atoms with E-state index >= 15 is 0 Å². The van der Waals surface area contributed by atoms with Crippen LogP contribution in [0.25, 0.3) is 0 Å². The van der Waals surface area contributed by atoms with Crippen LogP contribution in [0.5, 0.6) is 5.88 Å². The standard InChI is InChI=1S/C13H21BrN6O/c1-4-16-12(15-2)19-5-7-20(8-6-19)13-17-9-10(14)11(18-13)21-3/h9H,4-8H2,1-3H3,(H,15,16). The summed E-state index contributed by atoms with van der Waals surface area (Å²) in [7, 11) is 3.42. The van der Waals surface area contributed by atoms with Crippen LogP contribution in [0.15, 0.2) is 15.7 Å². The van der Waals surface area contributed by atoms with Crippen molar-refractivity contribution in [1.29, 1.82) is 0 Å². The van der Waals surface area contributed by atoms with Gasteiger partial charge in [-0.3, -0.25) is 4.99 Å². The molecular weight excluding hydrogens is 336 g/mol. The minimum absolute atomic E-state index is 0.561.